The van der Waals surface area contributed by atoms with Gasteiger partial charge in [0, 0.05) is 45.3 Å². The first-order chi connectivity index (χ1) is 22.0. The van der Waals surface area contributed by atoms with E-state index in [1.807, 2.05) is 75.5 Å². The first kappa shape index (κ1) is 30.5. The highest BCUT2D eigenvalue weighted by Gasteiger charge is 2.35. The van der Waals surface area contributed by atoms with Crippen molar-refractivity contribution in [1.29, 1.82) is 0 Å². The summed E-state index contributed by atoms with van der Waals surface area (Å²) in [5.74, 6) is -0.277. The van der Waals surface area contributed by atoms with Crippen LogP contribution in [0.5, 0.6) is 0 Å². The van der Waals surface area contributed by atoms with Crippen molar-refractivity contribution in [3.05, 3.63) is 108 Å². The van der Waals surface area contributed by atoms with E-state index >= 15 is 0 Å². The summed E-state index contributed by atoms with van der Waals surface area (Å²) < 4.78 is 20.9. The average molecular weight is 620 g/mol. The molecule has 0 aliphatic carbocycles. The summed E-state index contributed by atoms with van der Waals surface area (Å²) in [4.78, 5) is 35.0. The number of aryl methyl sites for hydroxylation is 1. The average Bonchev–Trinajstić information content (AvgIpc) is 3.64. The largest absolute Gasteiger partial charge is 0.465 e. The number of ether oxygens (including phenoxy) is 1. The summed E-state index contributed by atoms with van der Waals surface area (Å²) in [6.45, 7) is 6.99. The highest BCUT2D eigenvalue weighted by Crippen LogP contribution is 2.33. The Bertz CT molecular complexity index is 2080. The lowest BCUT2D eigenvalue weighted by Crippen LogP contribution is -2.54. The number of carbonyl (C=O) groups is 2. The number of benzene rings is 3. The van der Waals surface area contributed by atoms with E-state index in [4.69, 9.17) is 4.74 Å². The third-order valence-corrected chi connectivity index (χ3v) is 8.11. The second-order valence-electron chi connectivity index (χ2n) is 12.3. The Morgan fingerprint density at radius 3 is 2.59 bits per heavy atom. The Morgan fingerprint density at radius 1 is 1.04 bits per heavy atom. The SMILES string of the molecule is Cc1cc(-c2ncccc2-c2ccc3c(cnn3C(=O)OC[C@H](Cc3c[nH]c4ccccc34)N(C(=O)O)C(C)(C)C)c2)ccc1F. The molecule has 3 aromatic carbocycles. The predicted molar refractivity (Wildman–Crippen MR) is 175 cm³/mol. The summed E-state index contributed by atoms with van der Waals surface area (Å²) in [7, 11) is 0. The van der Waals surface area contributed by atoms with Crippen molar-refractivity contribution < 1.29 is 23.8 Å². The topological polar surface area (TPSA) is 113 Å². The third-order valence-electron chi connectivity index (χ3n) is 8.11. The van der Waals surface area contributed by atoms with Gasteiger partial charge in [-0.05, 0) is 93.3 Å². The highest BCUT2D eigenvalue weighted by atomic mass is 19.1. The maximum atomic E-state index is 13.9. The van der Waals surface area contributed by atoms with Gasteiger partial charge in [0.2, 0.25) is 0 Å². The van der Waals surface area contributed by atoms with E-state index in [1.54, 1.807) is 37.5 Å². The Kier molecular flexibility index (Phi) is 8.04. The second kappa shape index (κ2) is 12.1. The van der Waals surface area contributed by atoms with Crippen LogP contribution in [0.3, 0.4) is 0 Å². The zero-order valence-corrected chi connectivity index (χ0v) is 26.0. The Labute approximate surface area is 265 Å². The van der Waals surface area contributed by atoms with Crippen LogP contribution in [-0.2, 0) is 11.2 Å². The number of nitrogens with one attached hydrogen (secondary N) is 1. The molecular weight excluding hydrogens is 585 g/mol. The van der Waals surface area contributed by atoms with Gasteiger partial charge in [0.15, 0.2) is 0 Å². The van der Waals surface area contributed by atoms with Gasteiger partial charge in [0.1, 0.15) is 12.4 Å². The summed E-state index contributed by atoms with van der Waals surface area (Å²) in [5.41, 5.74) is 5.39. The predicted octanol–water partition coefficient (Wildman–Crippen LogP) is 8.07. The van der Waals surface area contributed by atoms with E-state index in [2.05, 4.69) is 15.1 Å². The molecule has 0 unspecified atom stereocenters. The smallest absolute Gasteiger partial charge is 0.435 e. The van der Waals surface area contributed by atoms with Crippen molar-refractivity contribution in [2.75, 3.05) is 6.61 Å². The van der Waals surface area contributed by atoms with Gasteiger partial charge >= 0.3 is 12.2 Å². The lowest BCUT2D eigenvalue weighted by Gasteiger charge is -2.39. The number of fused-ring (bicyclic) bond motifs is 2. The first-order valence-corrected chi connectivity index (χ1v) is 15.0. The van der Waals surface area contributed by atoms with Crippen molar-refractivity contribution in [1.82, 2.24) is 24.6 Å². The normalized spacial score (nSPS) is 12.4. The van der Waals surface area contributed by atoms with E-state index in [-0.39, 0.29) is 12.4 Å². The monoisotopic (exact) mass is 619 g/mol. The molecular formula is C36H34FN5O4. The number of rotatable bonds is 7. The molecule has 1 amide bonds. The van der Waals surface area contributed by atoms with E-state index < -0.39 is 23.8 Å². The fourth-order valence-corrected chi connectivity index (χ4v) is 6.00. The van der Waals surface area contributed by atoms with E-state index in [0.29, 0.717) is 28.6 Å². The fourth-order valence-electron chi connectivity index (χ4n) is 6.00. The number of pyridine rings is 1. The fraction of sp³-hybridized carbons (Fsp3) is 0.222. The van der Waals surface area contributed by atoms with Gasteiger partial charge in [0.05, 0.1) is 23.4 Å². The Balaban J connectivity index is 1.26. The molecule has 0 aliphatic heterocycles. The van der Waals surface area contributed by atoms with Crippen molar-refractivity contribution in [3.63, 3.8) is 0 Å². The number of nitrogens with zero attached hydrogens (tertiary/aromatic N) is 4. The number of carboxylic acid groups (broad SMARTS) is 1. The molecule has 0 saturated heterocycles. The van der Waals surface area contributed by atoms with Crippen molar-refractivity contribution in [3.8, 4) is 22.4 Å². The number of hydrogen-bond acceptors (Lipinski definition) is 5. The van der Waals surface area contributed by atoms with Crippen molar-refractivity contribution in [2.45, 2.75) is 45.7 Å². The van der Waals surface area contributed by atoms with Crippen LogP contribution in [0.1, 0.15) is 31.9 Å². The van der Waals surface area contributed by atoms with E-state index in [9.17, 15) is 19.1 Å². The minimum Gasteiger partial charge on any atom is -0.465 e. The lowest BCUT2D eigenvalue weighted by atomic mass is 9.97. The molecule has 9 nitrogen and oxygen atoms in total. The number of hydrogen-bond donors (Lipinski definition) is 2. The van der Waals surface area contributed by atoms with Crippen LogP contribution >= 0.6 is 0 Å². The molecule has 0 radical (unpaired) electrons. The lowest BCUT2D eigenvalue weighted by molar-refractivity contribution is 0.0382. The molecule has 234 valence electrons. The van der Waals surface area contributed by atoms with Crippen LogP contribution in [0.2, 0.25) is 0 Å². The van der Waals surface area contributed by atoms with Gasteiger partial charge in [-0.25, -0.2) is 14.0 Å². The maximum Gasteiger partial charge on any atom is 0.435 e. The molecule has 6 rings (SSSR count). The van der Waals surface area contributed by atoms with Gasteiger partial charge in [-0.3, -0.25) is 9.88 Å². The van der Waals surface area contributed by atoms with Crippen LogP contribution in [-0.4, -0.2) is 60.1 Å². The van der Waals surface area contributed by atoms with E-state index in [0.717, 1.165) is 33.2 Å². The van der Waals surface area contributed by atoms with Gasteiger partial charge in [0.25, 0.3) is 0 Å². The Hall–Kier alpha value is -5.51. The number of aromatic amines is 1. The van der Waals surface area contributed by atoms with E-state index in [1.165, 1.54) is 15.6 Å². The number of H-pyrrole nitrogens is 1. The van der Waals surface area contributed by atoms with Crippen LogP contribution < -0.4 is 0 Å². The molecule has 3 heterocycles. The quantitative estimate of drug-likeness (QED) is 0.187. The zero-order valence-electron chi connectivity index (χ0n) is 26.0. The van der Waals surface area contributed by atoms with Crippen LogP contribution in [0, 0.1) is 12.7 Å². The van der Waals surface area contributed by atoms with Gasteiger partial charge in [-0.2, -0.15) is 9.78 Å². The highest BCUT2D eigenvalue weighted by molar-refractivity contribution is 5.92. The molecule has 1 atom stereocenters. The third kappa shape index (κ3) is 5.93. The minimum absolute atomic E-state index is 0.169. The number of amides is 1. The molecule has 0 fully saturated rings. The number of carbonyl (C=O) groups excluding carboxylic acids is 1. The molecule has 46 heavy (non-hydrogen) atoms. The van der Waals surface area contributed by atoms with Crippen molar-refractivity contribution in [2.24, 2.45) is 0 Å². The summed E-state index contributed by atoms with van der Waals surface area (Å²) >= 11 is 0. The van der Waals surface area contributed by atoms with Crippen LogP contribution in [0.4, 0.5) is 14.0 Å². The molecule has 0 bridgehead atoms. The minimum atomic E-state index is -1.10. The maximum absolute atomic E-state index is 13.9. The van der Waals surface area contributed by atoms with Gasteiger partial charge < -0.3 is 14.8 Å². The molecule has 2 N–H and O–H groups in total. The molecule has 0 aliphatic rings. The Morgan fingerprint density at radius 2 is 1.83 bits per heavy atom. The summed E-state index contributed by atoms with van der Waals surface area (Å²) in [5, 5.41) is 16.2. The standard InChI is InChI=1S/C36H34FN5O4/c1-22-16-24(11-13-30(22)37)33-29(9-7-15-38-33)23-12-14-32-26(17-23)20-40-42(32)35(45)46-21-27(41(34(43)44)36(2,3)4)18-25-19-39-31-10-6-5-8-28(25)31/h5-17,19-20,27,39H,18,21H2,1-4H3,(H,43,44)/t27-/m0/s1. The molecule has 0 saturated carbocycles. The molecule has 0 spiro atoms. The first-order valence-electron chi connectivity index (χ1n) is 15.0. The van der Waals surface area contributed by atoms with Gasteiger partial charge in [-0.15, -0.1) is 0 Å². The zero-order chi connectivity index (χ0) is 32.6. The molecule has 6 aromatic rings. The van der Waals surface area contributed by atoms with Crippen LogP contribution in [0.15, 0.2) is 91.4 Å². The second-order valence-corrected chi connectivity index (χ2v) is 12.3. The number of para-hydroxylation sites is 1. The molecule has 10 heteroatoms. The van der Waals surface area contributed by atoms with Crippen molar-refractivity contribution >= 4 is 34.0 Å². The number of halogens is 1. The van der Waals surface area contributed by atoms with Crippen LogP contribution in [0.25, 0.3) is 44.2 Å². The summed E-state index contributed by atoms with van der Waals surface area (Å²) in [6.07, 6.45) is 3.67. The van der Waals surface area contributed by atoms with Gasteiger partial charge in [-0.1, -0.05) is 30.3 Å². The summed E-state index contributed by atoms with van der Waals surface area (Å²) in [6, 6.07) is 21.4. The number of aromatic nitrogens is 4. The molecule has 3 aromatic heterocycles.